The molecule has 4 rings (SSSR count). The van der Waals surface area contributed by atoms with Crippen molar-refractivity contribution in [1.29, 1.82) is 0 Å². The minimum absolute atomic E-state index is 0. The first-order chi connectivity index (χ1) is 16.7. The van der Waals surface area contributed by atoms with E-state index in [9.17, 15) is 27.5 Å². The summed E-state index contributed by atoms with van der Waals surface area (Å²) in [7, 11) is 0. The van der Waals surface area contributed by atoms with Crippen molar-refractivity contribution in [3.05, 3.63) is 70.8 Å². The fourth-order valence-electron chi connectivity index (χ4n) is 5.95. The summed E-state index contributed by atoms with van der Waals surface area (Å²) in [5, 5.41) is 11.6. The Morgan fingerprint density at radius 2 is 1.51 bits per heavy atom. The Balaban J connectivity index is 0.00000380. The molecule has 4 nitrogen and oxygen atoms in total. The molecule has 0 radical (unpaired) electrons. The highest BCUT2D eigenvalue weighted by Crippen LogP contribution is 2.44. The van der Waals surface area contributed by atoms with Crippen molar-refractivity contribution in [2.45, 2.75) is 51.7 Å². The number of nitrogens with zero attached hydrogens (tertiary/aromatic N) is 2. The van der Waals surface area contributed by atoms with E-state index >= 15 is 0 Å². The van der Waals surface area contributed by atoms with E-state index in [-0.39, 0.29) is 42.5 Å². The Kier molecular flexibility index (Phi) is 8.38. The van der Waals surface area contributed by atoms with Crippen LogP contribution in [0.1, 0.15) is 51.7 Å². The highest BCUT2D eigenvalue weighted by molar-refractivity contribution is 5.85. The first-order valence-corrected chi connectivity index (χ1v) is 12.4. The number of piperidine rings is 1. The summed E-state index contributed by atoms with van der Waals surface area (Å²) in [5.74, 6) is -5.42. The van der Waals surface area contributed by atoms with E-state index in [1.165, 1.54) is 18.2 Å². The molecule has 0 aliphatic carbocycles. The highest BCUT2D eigenvalue weighted by Gasteiger charge is 2.50. The zero-order chi connectivity index (χ0) is 26.6. The lowest BCUT2D eigenvalue weighted by Gasteiger charge is -2.48. The second kappa shape index (κ2) is 10.5. The molecule has 0 aromatic heterocycles. The van der Waals surface area contributed by atoms with Gasteiger partial charge in [0.1, 0.15) is 11.6 Å². The average molecular weight is 543 g/mol. The van der Waals surface area contributed by atoms with Gasteiger partial charge in [0, 0.05) is 55.5 Å². The van der Waals surface area contributed by atoms with Crippen LogP contribution in [0, 0.1) is 41.0 Å². The minimum Gasteiger partial charge on any atom is -0.384 e. The van der Waals surface area contributed by atoms with Crippen LogP contribution in [-0.2, 0) is 10.4 Å². The maximum atomic E-state index is 14.8. The smallest absolute Gasteiger partial charge is 0.227 e. The van der Waals surface area contributed by atoms with Gasteiger partial charge in [0.15, 0.2) is 11.6 Å². The van der Waals surface area contributed by atoms with Gasteiger partial charge in [-0.25, -0.2) is 17.6 Å². The number of carbonyl (C=O) groups excluding carboxylic acids is 1. The predicted molar refractivity (Wildman–Crippen MR) is 136 cm³/mol. The summed E-state index contributed by atoms with van der Waals surface area (Å²) in [5.41, 5.74) is -1.10. The molecule has 2 unspecified atom stereocenters. The van der Waals surface area contributed by atoms with Crippen molar-refractivity contribution in [1.82, 2.24) is 9.80 Å². The predicted octanol–water partition coefficient (Wildman–Crippen LogP) is 5.48. The van der Waals surface area contributed by atoms with Gasteiger partial charge in [-0.1, -0.05) is 26.0 Å². The third-order valence-corrected chi connectivity index (χ3v) is 8.13. The van der Waals surface area contributed by atoms with E-state index in [1.807, 2.05) is 20.8 Å². The Morgan fingerprint density at radius 3 is 2.05 bits per heavy atom. The fourth-order valence-corrected chi connectivity index (χ4v) is 5.95. The number of hydrogen-bond acceptors (Lipinski definition) is 3. The van der Waals surface area contributed by atoms with Gasteiger partial charge in [0.05, 0.1) is 11.5 Å². The number of likely N-dealkylation sites (tertiary alicyclic amines) is 2. The lowest BCUT2D eigenvalue weighted by atomic mass is 9.70. The van der Waals surface area contributed by atoms with Gasteiger partial charge in [-0.3, -0.25) is 9.69 Å². The Hall–Kier alpha value is -2.16. The summed E-state index contributed by atoms with van der Waals surface area (Å²) in [6, 6.07) is 6.89. The number of hydrogen-bond donors (Lipinski definition) is 1. The fraction of sp³-hybridized carbons (Fsp3) is 0.536. The lowest BCUT2D eigenvalue weighted by Crippen LogP contribution is -2.57. The molecule has 2 saturated heterocycles. The standard InChI is InChI=1S/C28H34F4N2O2.ClH/c1-16-12-33(13-17(2)28(16,36)18-6-9-23(30)25(32)10-18)26(35)22-15-34(27(3,4)5)14-21(22)20-8-7-19(29)11-24(20)31;/h6-11,16-17,21-22,36H,12-15H2,1-5H3;1H/t16?,17?,21-,22+,28?;/m0./s1. The molecule has 2 aromatic rings. The van der Waals surface area contributed by atoms with Crippen molar-refractivity contribution in [2.75, 3.05) is 26.2 Å². The third kappa shape index (κ3) is 5.38. The zero-order valence-corrected chi connectivity index (χ0v) is 22.6. The molecule has 2 heterocycles. The van der Waals surface area contributed by atoms with Crippen molar-refractivity contribution in [3.8, 4) is 0 Å². The Bertz CT molecular complexity index is 1140. The van der Waals surface area contributed by atoms with E-state index in [0.29, 0.717) is 18.7 Å². The Morgan fingerprint density at radius 1 is 0.892 bits per heavy atom. The number of rotatable bonds is 3. The van der Waals surface area contributed by atoms with Crippen LogP contribution in [0.15, 0.2) is 36.4 Å². The summed E-state index contributed by atoms with van der Waals surface area (Å²) < 4.78 is 55.9. The van der Waals surface area contributed by atoms with Gasteiger partial charge >= 0.3 is 0 Å². The molecule has 4 atom stereocenters. The summed E-state index contributed by atoms with van der Waals surface area (Å²) >= 11 is 0. The maximum Gasteiger partial charge on any atom is 0.227 e. The van der Waals surface area contributed by atoms with Crippen molar-refractivity contribution < 1.29 is 27.5 Å². The first-order valence-electron chi connectivity index (χ1n) is 12.4. The molecular weight excluding hydrogens is 508 g/mol. The molecule has 204 valence electrons. The first kappa shape index (κ1) is 29.4. The molecule has 1 amide bonds. The summed E-state index contributed by atoms with van der Waals surface area (Å²) in [4.78, 5) is 17.7. The largest absolute Gasteiger partial charge is 0.384 e. The molecule has 0 spiro atoms. The molecule has 2 fully saturated rings. The number of halogens is 5. The number of benzene rings is 2. The second-order valence-corrected chi connectivity index (χ2v) is 11.5. The third-order valence-electron chi connectivity index (χ3n) is 8.13. The van der Waals surface area contributed by atoms with Crippen molar-refractivity contribution >= 4 is 18.3 Å². The minimum atomic E-state index is -1.44. The van der Waals surface area contributed by atoms with Gasteiger partial charge in [-0.15, -0.1) is 12.4 Å². The van der Waals surface area contributed by atoms with Gasteiger partial charge < -0.3 is 10.0 Å². The van der Waals surface area contributed by atoms with Crippen LogP contribution in [0.2, 0.25) is 0 Å². The number of carbonyl (C=O) groups is 1. The SMILES string of the molecule is CC1CN(C(=O)[C@@H]2CN(C(C)(C)C)C[C@H]2c2ccc(F)cc2F)CC(C)C1(O)c1ccc(F)c(F)c1.Cl. The molecule has 0 saturated carbocycles. The highest BCUT2D eigenvalue weighted by atomic mass is 35.5. The van der Waals surface area contributed by atoms with Gasteiger partial charge in [0.25, 0.3) is 0 Å². The molecule has 2 aliphatic rings. The number of aliphatic hydroxyl groups is 1. The van der Waals surface area contributed by atoms with Gasteiger partial charge in [0.2, 0.25) is 5.91 Å². The van der Waals surface area contributed by atoms with Crippen LogP contribution in [0.5, 0.6) is 0 Å². The van der Waals surface area contributed by atoms with Crippen molar-refractivity contribution in [3.63, 3.8) is 0 Å². The lowest BCUT2D eigenvalue weighted by molar-refractivity contribution is -0.152. The van der Waals surface area contributed by atoms with E-state index in [1.54, 1.807) is 18.7 Å². The van der Waals surface area contributed by atoms with Crippen molar-refractivity contribution in [2.24, 2.45) is 17.8 Å². The molecule has 1 N–H and O–H groups in total. The quantitative estimate of drug-likeness (QED) is 0.522. The zero-order valence-electron chi connectivity index (χ0n) is 21.8. The van der Waals surface area contributed by atoms with E-state index < -0.39 is 52.5 Å². The van der Waals surface area contributed by atoms with Gasteiger partial charge in [-0.05, 0) is 50.1 Å². The monoisotopic (exact) mass is 542 g/mol. The Labute approximate surface area is 222 Å². The van der Waals surface area contributed by atoms with E-state index in [0.717, 1.165) is 18.2 Å². The molecule has 9 heteroatoms. The normalized spacial score (nSPS) is 28.8. The van der Waals surface area contributed by atoms with Crippen LogP contribution in [-0.4, -0.2) is 52.5 Å². The van der Waals surface area contributed by atoms with E-state index in [2.05, 4.69) is 4.90 Å². The second-order valence-electron chi connectivity index (χ2n) is 11.5. The molecule has 37 heavy (non-hydrogen) atoms. The summed E-state index contributed by atoms with van der Waals surface area (Å²) in [6.45, 7) is 11.0. The molecule has 2 aliphatic heterocycles. The topological polar surface area (TPSA) is 43.8 Å². The maximum absolute atomic E-state index is 14.8. The van der Waals surface area contributed by atoms with E-state index in [4.69, 9.17) is 0 Å². The summed E-state index contributed by atoms with van der Waals surface area (Å²) in [6.07, 6.45) is 0. The van der Waals surface area contributed by atoms with Crippen LogP contribution in [0.3, 0.4) is 0 Å². The van der Waals surface area contributed by atoms with Crippen LogP contribution < -0.4 is 0 Å². The molecular formula is C28H35ClF4N2O2. The van der Waals surface area contributed by atoms with Gasteiger partial charge in [-0.2, -0.15) is 0 Å². The molecule has 0 bridgehead atoms. The van der Waals surface area contributed by atoms with Crippen LogP contribution in [0.25, 0.3) is 0 Å². The molecule has 2 aromatic carbocycles. The van der Waals surface area contributed by atoms with Crippen LogP contribution >= 0.6 is 12.4 Å². The average Bonchev–Trinajstić information content (AvgIpc) is 3.24. The number of amides is 1. The van der Waals surface area contributed by atoms with Crippen LogP contribution in [0.4, 0.5) is 17.6 Å².